The molecule has 1 heterocycles. The number of nitrogens with one attached hydrogen (secondary N) is 1. The van der Waals surface area contributed by atoms with Crippen LogP contribution in [0.15, 0.2) is 89.3 Å². The first-order chi connectivity index (χ1) is 13.8. The van der Waals surface area contributed by atoms with Gasteiger partial charge in [-0.1, -0.05) is 54.6 Å². The molecule has 1 N–H and O–H groups in total. The zero-order valence-electron chi connectivity index (χ0n) is 14.7. The van der Waals surface area contributed by atoms with Crippen LogP contribution in [0.4, 0.5) is 9.52 Å². The number of rotatable bonds is 6. The van der Waals surface area contributed by atoms with Gasteiger partial charge in [0.25, 0.3) is 0 Å². The maximum Gasteiger partial charge on any atom is 0.203 e. The Balaban J connectivity index is 1.44. The van der Waals surface area contributed by atoms with Crippen molar-refractivity contribution in [3.8, 4) is 22.8 Å². The van der Waals surface area contributed by atoms with Gasteiger partial charge >= 0.3 is 0 Å². The first-order valence-electron chi connectivity index (χ1n) is 8.60. The summed E-state index contributed by atoms with van der Waals surface area (Å²) in [5.41, 5.74) is 5.56. The molecule has 4 rings (SSSR count). The van der Waals surface area contributed by atoms with Crippen molar-refractivity contribution < 1.29 is 9.13 Å². The van der Waals surface area contributed by atoms with Crippen LogP contribution in [0.5, 0.6) is 11.5 Å². The van der Waals surface area contributed by atoms with Gasteiger partial charge in [0.2, 0.25) is 5.13 Å². The minimum atomic E-state index is -0.429. The van der Waals surface area contributed by atoms with Gasteiger partial charge in [-0.05, 0) is 29.8 Å². The van der Waals surface area contributed by atoms with E-state index in [9.17, 15) is 4.39 Å². The van der Waals surface area contributed by atoms with E-state index in [1.807, 2.05) is 53.9 Å². The molecule has 0 atom stereocenters. The van der Waals surface area contributed by atoms with Gasteiger partial charge in [0, 0.05) is 10.9 Å². The molecule has 0 aliphatic rings. The number of para-hydroxylation sites is 1. The Bertz CT molecular complexity index is 1080. The lowest BCUT2D eigenvalue weighted by molar-refractivity contribution is 0.442. The highest BCUT2D eigenvalue weighted by Gasteiger charge is 2.06. The van der Waals surface area contributed by atoms with Crippen molar-refractivity contribution in [1.29, 1.82) is 0 Å². The molecule has 0 aliphatic carbocycles. The summed E-state index contributed by atoms with van der Waals surface area (Å²) in [4.78, 5) is 4.51. The van der Waals surface area contributed by atoms with Gasteiger partial charge in [-0.25, -0.2) is 9.37 Å². The summed E-state index contributed by atoms with van der Waals surface area (Å²) >= 11 is 1.47. The first-order valence-corrected chi connectivity index (χ1v) is 9.48. The molecule has 138 valence electrons. The quantitative estimate of drug-likeness (QED) is 0.316. The molecule has 4 aromatic rings. The van der Waals surface area contributed by atoms with Crippen LogP contribution in [0.3, 0.4) is 0 Å². The third-order valence-electron chi connectivity index (χ3n) is 3.87. The Morgan fingerprint density at radius 2 is 1.71 bits per heavy atom. The monoisotopic (exact) mass is 389 g/mol. The van der Waals surface area contributed by atoms with E-state index in [2.05, 4.69) is 15.5 Å². The Kier molecular flexibility index (Phi) is 5.40. The molecule has 3 aromatic carbocycles. The van der Waals surface area contributed by atoms with Gasteiger partial charge in [0.15, 0.2) is 11.6 Å². The molecule has 0 bridgehead atoms. The number of benzene rings is 3. The summed E-state index contributed by atoms with van der Waals surface area (Å²) in [5.74, 6) is 0.294. The second-order valence-electron chi connectivity index (χ2n) is 5.88. The smallest absolute Gasteiger partial charge is 0.203 e. The van der Waals surface area contributed by atoms with Crippen molar-refractivity contribution in [2.24, 2.45) is 5.10 Å². The van der Waals surface area contributed by atoms with E-state index in [0.29, 0.717) is 16.4 Å². The number of aromatic nitrogens is 1. The van der Waals surface area contributed by atoms with Gasteiger partial charge < -0.3 is 4.74 Å². The molecule has 0 saturated carbocycles. The summed E-state index contributed by atoms with van der Waals surface area (Å²) in [6.45, 7) is 0. The van der Waals surface area contributed by atoms with E-state index in [1.54, 1.807) is 30.5 Å². The largest absolute Gasteiger partial charge is 0.454 e. The third kappa shape index (κ3) is 4.42. The molecule has 0 radical (unpaired) electrons. The summed E-state index contributed by atoms with van der Waals surface area (Å²) < 4.78 is 19.6. The van der Waals surface area contributed by atoms with E-state index in [4.69, 9.17) is 4.74 Å². The van der Waals surface area contributed by atoms with Crippen molar-refractivity contribution in [3.05, 3.63) is 95.6 Å². The number of ether oxygens (including phenoxy) is 1. The van der Waals surface area contributed by atoms with Crippen LogP contribution in [0.1, 0.15) is 5.56 Å². The highest BCUT2D eigenvalue weighted by atomic mass is 32.1. The Hall–Kier alpha value is -3.51. The van der Waals surface area contributed by atoms with Crippen LogP contribution >= 0.6 is 11.3 Å². The molecule has 0 amide bonds. The fourth-order valence-corrected chi connectivity index (χ4v) is 3.19. The normalized spacial score (nSPS) is 10.9. The third-order valence-corrected chi connectivity index (χ3v) is 4.62. The lowest BCUT2D eigenvalue weighted by atomic mass is 10.2. The van der Waals surface area contributed by atoms with Crippen molar-refractivity contribution >= 4 is 22.7 Å². The van der Waals surface area contributed by atoms with Gasteiger partial charge in [0.1, 0.15) is 5.75 Å². The maximum atomic E-state index is 14.0. The van der Waals surface area contributed by atoms with E-state index >= 15 is 0 Å². The SMILES string of the molecule is Fc1ccc(C=NNc2nc(-c3ccccc3)cs2)cc1Oc1ccccc1. The summed E-state index contributed by atoms with van der Waals surface area (Å²) in [7, 11) is 0. The minimum Gasteiger partial charge on any atom is -0.454 e. The van der Waals surface area contributed by atoms with E-state index in [1.165, 1.54) is 17.4 Å². The van der Waals surface area contributed by atoms with Gasteiger partial charge in [-0.2, -0.15) is 5.10 Å². The van der Waals surface area contributed by atoms with E-state index in [-0.39, 0.29) is 5.75 Å². The predicted octanol–water partition coefficient (Wildman–Crippen LogP) is 6.19. The minimum absolute atomic E-state index is 0.149. The second-order valence-corrected chi connectivity index (χ2v) is 6.74. The zero-order chi connectivity index (χ0) is 19.2. The summed E-state index contributed by atoms with van der Waals surface area (Å²) in [6, 6.07) is 23.6. The lowest BCUT2D eigenvalue weighted by Gasteiger charge is -2.07. The van der Waals surface area contributed by atoms with Crippen LogP contribution in [-0.2, 0) is 0 Å². The van der Waals surface area contributed by atoms with E-state index in [0.717, 1.165) is 11.3 Å². The predicted molar refractivity (Wildman–Crippen MR) is 112 cm³/mol. The summed E-state index contributed by atoms with van der Waals surface area (Å²) in [6.07, 6.45) is 1.60. The van der Waals surface area contributed by atoms with Crippen LogP contribution in [-0.4, -0.2) is 11.2 Å². The highest BCUT2D eigenvalue weighted by Crippen LogP contribution is 2.26. The topological polar surface area (TPSA) is 46.5 Å². The number of thiazole rings is 1. The molecule has 0 aliphatic heterocycles. The van der Waals surface area contributed by atoms with Crippen molar-refractivity contribution in [1.82, 2.24) is 4.98 Å². The number of anilines is 1. The lowest BCUT2D eigenvalue weighted by Crippen LogP contribution is -1.93. The summed E-state index contributed by atoms with van der Waals surface area (Å²) in [5, 5.41) is 6.84. The molecule has 4 nitrogen and oxygen atoms in total. The number of nitrogens with zero attached hydrogens (tertiary/aromatic N) is 2. The van der Waals surface area contributed by atoms with Crippen LogP contribution in [0.25, 0.3) is 11.3 Å². The van der Waals surface area contributed by atoms with Gasteiger partial charge in [0.05, 0.1) is 11.9 Å². The molecule has 0 fully saturated rings. The fourth-order valence-electron chi connectivity index (χ4n) is 2.52. The molecule has 1 aromatic heterocycles. The van der Waals surface area contributed by atoms with Crippen LogP contribution in [0.2, 0.25) is 0 Å². The number of halogens is 1. The molecule has 6 heteroatoms. The molecule has 0 spiro atoms. The van der Waals surface area contributed by atoms with Crippen molar-refractivity contribution in [2.75, 3.05) is 5.43 Å². The zero-order valence-corrected chi connectivity index (χ0v) is 15.6. The fraction of sp³-hybridized carbons (Fsp3) is 0. The Labute approximate surface area is 166 Å². The van der Waals surface area contributed by atoms with Gasteiger partial charge in [-0.15, -0.1) is 11.3 Å². The molecule has 0 saturated heterocycles. The molecule has 0 unspecified atom stereocenters. The van der Waals surface area contributed by atoms with Crippen LogP contribution < -0.4 is 10.2 Å². The Morgan fingerprint density at radius 1 is 0.964 bits per heavy atom. The number of hydrogen-bond donors (Lipinski definition) is 1. The average Bonchev–Trinajstić information content (AvgIpc) is 3.21. The standard InChI is InChI=1S/C22H16FN3OS/c23-19-12-11-16(13-21(19)27-18-9-5-2-6-10-18)14-24-26-22-25-20(15-28-22)17-7-3-1-4-8-17/h1-15H,(H,25,26). The van der Waals surface area contributed by atoms with Crippen LogP contribution in [0, 0.1) is 5.82 Å². The average molecular weight is 389 g/mol. The maximum absolute atomic E-state index is 14.0. The van der Waals surface area contributed by atoms with E-state index < -0.39 is 5.82 Å². The number of hydrazone groups is 1. The highest BCUT2D eigenvalue weighted by molar-refractivity contribution is 7.14. The number of hydrogen-bond acceptors (Lipinski definition) is 5. The van der Waals surface area contributed by atoms with Crippen molar-refractivity contribution in [2.45, 2.75) is 0 Å². The first kappa shape index (κ1) is 17.9. The molecular formula is C22H16FN3OS. The molecule has 28 heavy (non-hydrogen) atoms. The Morgan fingerprint density at radius 3 is 2.50 bits per heavy atom. The van der Waals surface area contributed by atoms with Gasteiger partial charge in [-0.3, -0.25) is 5.43 Å². The van der Waals surface area contributed by atoms with Crippen molar-refractivity contribution in [3.63, 3.8) is 0 Å². The molecular weight excluding hydrogens is 373 g/mol. The second kappa shape index (κ2) is 8.45.